The summed E-state index contributed by atoms with van der Waals surface area (Å²) in [6.45, 7) is 6.09. The van der Waals surface area contributed by atoms with Crippen LogP contribution in [-0.4, -0.2) is 49.8 Å². The van der Waals surface area contributed by atoms with Crippen LogP contribution < -0.4 is 0 Å². The molecule has 0 aromatic heterocycles. The number of likely N-dealkylation sites (tertiary alicyclic amines) is 1. The molecule has 1 saturated heterocycles. The summed E-state index contributed by atoms with van der Waals surface area (Å²) in [6.07, 6.45) is 2.15. The number of carbonyl (C=O) groups is 1. The van der Waals surface area contributed by atoms with Gasteiger partial charge < -0.3 is 9.47 Å². The van der Waals surface area contributed by atoms with Crippen LogP contribution in [-0.2, 0) is 14.3 Å². The lowest BCUT2D eigenvalue weighted by Gasteiger charge is -2.25. The Labute approximate surface area is 91.5 Å². The molecule has 0 saturated carbocycles. The molecule has 15 heavy (non-hydrogen) atoms. The molecule has 0 radical (unpaired) electrons. The molecule has 1 heterocycles. The fourth-order valence-electron chi connectivity index (χ4n) is 1.95. The summed E-state index contributed by atoms with van der Waals surface area (Å²) < 4.78 is 10.3. The van der Waals surface area contributed by atoms with E-state index in [1.54, 1.807) is 7.11 Å². The van der Waals surface area contributed by atoms with Crippen LogP contribution in [0.25, 0.3) is 0 Å². The zero-order valence-corrected chi connectivity index (χ0v) is 9.86. The van der Waals surface area contributed by atoms with Gasteiger partial charge in [0.25, 0.3) is 0 Å². The standard InChI is InChI=1S/C11H21NO3/c1-4-15-11(13)10-6-5-7-12(10)8-9(2)14-3/h9-10H,4-8H2,1-3H3. The number of hydrogen-bond donors (Lipinski definition) is 0. The second-order valence-electron chi connectivity index (χ2n) is 3.95. The molecule has 1 fully saturated rings. The van der Waals surface area contributed by atoms with Gasteiger partial charge in [-0.05, 0) is 33.2 Å². The van der Waals surface area contributed by atoms with Crippen molar-refractivity contribution in [1.29, 1.82) is 0 Å². The number of carbonyl (C=O) groups excluding carboxylic acids is 1. The first-order chi connectivity index (χ1) is 7.19. The predicted octanol–water partition coefficient (Wildman–Crippen LogP) is 1.05. The van der Waals surface area contributed by atoms with Gasteiger partial charge >= 0.3 is 5.97 Å². The minimum atomic E-state index is -0.0849. The van der Waals surface area contributed by atoms with Gasteiger partial charge in [-0.2, -0.15) is 0 Å². The highest BCUT2D eigenvalue weighted by Crippen LogP contribution is 2.18. The lowest BCUT2D eigenvalue weighted by atomic mass is 10.2. The average Bonchev–Trinajstić information content (AvgIpc) is 2.66. The van der Waals surface area contributed by atoms with Crippen molar-refractivity contribution in [2.75, 3.05) is 26.8 Å². The van der Waals surface area contributed by atoms with E-state index in [4.69, 9.17) is 9.47 Å². The molecule has 2 unspecified atom stereocenters. The van der Waals surface area contributed by atoms with Gasteiger partial charge in [0.15, 0.2) is 0 Å². The van der Waals surface area contributed by atoms with Crippen molar-refractivity contribution < 1.29 is 14.3 Å². The second kappa shape index (κ2) is 6.08. The molecule has 0 spiro atoms. The van der Waals surface area contributed by atoms with Crippen LogP contribution >= 0.6 is 0 Å². The molecule has 0 bridgehead atoms. The number of nitrogens with zero attached hydrogens (tertiary/aromatic N) is 1. The summed E-state index contributed by atoms with van der Waals surface area (Å²) in [7, 11) is 1.69. The molecule has 4 nitrogen and oxygen atoms in total. The normalized spacial score (nSPS) is 24.1. The highest BCUT2D eigenvalue weighted by molar-refractivity contribution is 5.76. The van der Waals surface area contributed by atoms with Crippen molar-refractivity contribution in [3.63, 3.8) is 0 Å². The van der Waals surface area contributed by atoms with Gasteiger partial charge in [-0.3, -0.25) is 9.69 Å². The fourth-order valence-corrected chi connectivity index (χ4v) is 1.95. The van der Waals surface area contributed by atoms with Crippen molar-refractivity contribution in [3.05, 3.63) is 0 Å². The van der Waals surface area contributed by atoms with Crippen LogP contribution in [0.4, 0.5) is 0 Å². The lowest BCUT2D eigenvalue weighted by Crippen LogP contribution is -2.41. The second-order valence-corrected chi connectivity index (χ2v) is 3.95. The quantitative estimate of drug-likeness (QED) is 0.643. The average molecular weight is 215 g/mol. The molecule has 1 rings (SSSR count). The Morgan fingerprint density at radius 2 is 2.33 bits per heavy atom. The topological polar surface area (TPSA) is 38.8 Å². The molecule has 4 heteroatoms. The van der Waals surface area contributed by atoms with Crippen LogP contribution in [0.3, 0.4) is 0 Å². The third kappa shape index (κ3) is 3.47. The minimum Gasteiger partial charge on any atom is -0.465 e. The van der Waals surface area contributed by atoms with Gasteiger partial charge in [0, 0.05) is 13.7 Å². The van der Waals surface area contributed by atoms with Crippen LogP contribution in [0, 0.1) is 0 Å². The summed E-state index contributed by atoms with van der Waals surface area (Å²) >= 11 is 0. The van der Waals surface area contributed by atoms with Crippen molar-refractivity contribution in [3.8, 4) is 0 Å². The molecule has 0 aromatic carbocycles. The molecule has 1 aliphatic heterocycles. The van der Waals surface area contributed by atoms with E-state index in [0.29, 0.717) is 6.61 Å². The van der Waals surface area contributed by atoms with E-state index in [2.05, 4.69) is 4.90 Å². The number of methoxy groups -OCH3 is 1. The van der Waals surface area contributed by atoms with Gasteiger partial charge in [0.2, 0.25) is 0 Å². The minimum absolute atomic E-state index is 0.0532. The van der Waals surface area contributed by atoms with Gasteiger partial charge in [0.1, 0.15) is 6.04 Å². The van der Waals surface area contributed by atoms with Crippen molar-refractivity contribution in [2.24, 2.45) is 0 Å². The van der Waals surface area contributed by atoms with E-state index in [-0.39, 0.29) is 18.1 Å². The monoisotopic (exact) mass is 215 g/mol. The third-order valence-electron chi connectivity index (χ3n) is 2.82. The van der Waals surface area contributed by atoms with Crippen molar-refractivity contribution in [2.45, 2.75) is 38.8 Å². The van der Waals surface area contributed by atoms with Crippen LogP contribution in [0.1, 0.15) is 26.7 Å². The summed E-state index contributed by atoms with van der Waals surface area (Å²) in [5.41, 5.74) is 0. The number of esters is 1. The zero-order valence-electron chi connectivity index (χ0n) is 9.86. The Balaban J connectivity index is 2.45. The van der Waals surface area contributed by atoms with Crippen LogP contribution in [0.5, 0.6) is 0 Å². The Hall–Kier alpha value is -0.610. The third-order valence-corrected chi connectivity index (χ3v) is 2.82. The smallest absolute Gasteiger partial charge is 0.323 e. The van der Waals surface area contributed by atoms with Gasteiger partial charge in [-0.1, -0.05) is 0 Å². The maximum Gasteiger partial charge on any atom is 0.323 e. The van der Waals surface area contributed by atoms with E-state index in [1.807, 2.05) is 13.8 Å². The summed E-state index contributed by atoms with van der Waals surface area (Å²) in [5, 5.41) is 0. The maximum atomic E-state index is 11.6. The summed E-state index contributed by atoms with van der Waals surface area (Å²) in [4.78, 5) is 13.8. The van der Waals surface area contributed by atoms with Crippen LogP contribution in [0.2, 0.25) is 0 Å². The van der Waals surface area contributed by atoms with Crippen molar-refractivity contribution >= 4 is 5.97 Å². The largest absolute Gasteiger partial charge is 0.465 e. The van der Waals surface area contributed by atoms with E-state index < -0.39 is 0 Å². The van der Waals surface area contributed by atoms with E-state index in [1.165, 1.54) is 0 Å². The van der Waals surface area contributed by atoms with Gasteiger partial charge in [-0.25, -0.2) is 0 Å². The SMILES string of the molecule is CCOC(=O)C1CCCN1CC(C)OC. The Bertz CT molecular complexity index is 208. The number of hydrogen-bond acceptors (Lipinski definition) is 4. The van der Waals surface area contributed by atoms with Crippen LogP contribution in [0.15, 0.2) is 0 Å². The molecule has 0 aliphatic carbocycles. The molecule has 0 N–H and O–H groups in total. The molecule has 2 atom stereocenters. The zero-order chi connectivity index (χ0) is 11.3. The highest BCUT2D eigenvalue weighted by atomic mass is 16.5. The van der Waals surface area contributed by atoms with Gasteiger partial charge in [0.05, 0.1) is 12.7 Å². The summed E-state index contributed by atoms with van der Waals surface area (Å²) in [5.74, 6) is -0.0849. The van der Waals surface area contributed by atoms with Gasteiger partial charge in [-0.15, -0.1) is 0 Å². The van der Waals surface area contributed by atoms with E-state index in [9.17, 15) is 4.79 Å². The Morgan fingerprint density at radius 3 is 2.93 bits per heavy atom. The molecule has 1 aliphatic rings. The molecule has 0 amide bonds. The first kappa shape index (κ1) is 12.5. The maximum absolute atomic E-state index is 11.6. The number of rotatable bonds is 5. The lowest BCUT2D eigenvalue weighted by molar-refractivity contribution is -0.148. The fraction of sp³-hybridized carbons (Fsp3) is 0.909. The van der Waals surface area contributed by atoms with E-state index in [0.717, 1.165) is 25.9 Å². The van der Waals surface area contributed by atoms with Crippen molar-refractivity contribution in [1.82, 2.24) is 4.90 Å². The Morgan fingerprint density at radius 1 is 1.60 bits per heavy atom. The first-order valence-electron chi connectivity index (χ1n) is 5.62. The first-order valence-corrected chi connectivity index (χ1v) is 5.62. The Kier molecular flexibility index (Phi) is 5.05. The number of ether oxygens (including phenoxy) is 2. The highest BCUT2D eigenvalue weighted by Gasteiger charge is 2.32. The molecular formula is C11H21NO3. The molecular weight excluding hydrogens is 194 g/mol. The van der Waals surface area contributed by atoms with E-state index >= 15 is 0 Å². The summed E-state index contributed by atoms with van der Waals surface area (Å²) in [6, 6.07) is -0.0532. The predicted molar refractivity (Wildman–Crippen MR) is 57.7 cm³/mol. The molecule has 88 valence electrons. The molecule has 0 aromatic rings.